The molecule has 0 unspecified atom stereocenters. The van der Waals surface area contributed by atoms with Crippen LogP contribution >= 0.6 is 0 Å². The van der Waals surface area contributed by atoms with Crippen molar-refractivity contribution in [2.75, 3.05) is 0 Å². The molecule has 0 fully saturated rings. The summed E-state index contributed by atoms with van der Waals surface area (Å²) in [6.45, 7) is 0. The quantitative estimate of drug-likeness (QED) is 0.166. The highest BCUT2D eigenvalue weighted by Gasteiger charge is 2.20. The van der Waals surface area contributed by atoms with Gasteiger partial charge in [0.25, 0.3) is 10.1 Å². The molecule has 0 aromatic heterocycles. The van der Waals surface area contributed by atoms with Crippen molar-refractivity contribution >= 4 is 56.0 Å². The Bertz CT molecular complexity index is 1650. The molecule has 5 aromatic rings. The third kappa shape index (κ3) is 4.29. The van der Waals surface area contributed by atoms with Gasteiger partial charge in [-0.1, -0.05) is 121 Å². The Hall–Kier alpha value is -3.99. The Morgan fingerprint density at radius 2 is 0.971 bits per heavy atom. The van der Waals surface area contributed by atoms with Crippen LogP contribution in [-0.4, -0.2) is 13.0 Å². The van der Waals surface area contributed by atoms with E-state index in [4.69, 9.17) is 0 Å². The minimum Gasteiger partial charge on any atom is -0.282 e. The number of fused-ring (bicyclic) bond motifs is 2. The third-order valence-electron chi connectivity index (χ3n) is 5.86. The molecule has 0 saturated heterocycles. The molecule has 0 bridgehead atoms. The van der Waals surface area contributed by atoms with Gasteiger partial charge in [0.1, 0.15) is 4.90 Å². The van der Waals surface area contributed by atoms with Crippen LogP contribution < -0.4 is 0 Å². The van der Waals surface area contributed by atoms with Gasteiger partial charge in [0.2, 0.25) is 0 Å². The van der Waals surface area contributed by atoms with Crippen LogP contribution in [0.1, 0.15) is 22.3 Å². The normalized spacial score (nSPS) is 12.3. The molecule has 0 atom stereocenters. The minimum atomic E-state index is -4.45. The van der Waals surface area contributed by atoms with Crippen LogP contribution in [0.4, 0.5) is 0 Å². The molecule has 1 N–H and O–H groups in total. The first-order valence-electron chi connectivity index (χ1n) is 10.9. The van der Waals surface area contributed by atoms with E-state index >= 15 is 0 Å². The van der Waals surface area contributed by atoms with E-state index in [1.54, 1.807) is 6.07 Å². The van der Waals surface area contributed by atoms with Gasteiger partial charge < -0.3 is 0 Å². The number of hydrogen-bond acceptors (Lipinski definition) is 2. The summed E-state index contributed by atoms with van der Waals surface area (Å²) < 4.78 is 34.9. The maximum absolute atomic E-state index is 12.4. The second kappa shape index (κ2) is 9.10. The van der Waals surface area contributed by atoms with Crippen molar-refractivity contribution in [3.05, 3.63) is 125 Å². The molecule has 0 spiro atoms. The van der Waals surface area contributed by atoms with Crippen LogP contribution in [0.5, 0.6) is 0 Å². The summed E-state index contributed by atoms with van der Waals surface area (Å²) in [6.07, 6.45) is 7.92. The molecular weight excluding hydrogens is 440 g/mol. The Morgan fingerprint density at radius 1 is 0.500 bits per heavy atom. The zero-order valence-electron chi connectivity index (χ0n) is 18.3. The molecule has 3 nitrogen and oxygen atoms in total. The van der Waals surface area contributed by atoms with Gasteiger partial charge in [-0.15, -0.1) is 0 Å². The molecule has 166 valence electrons. The van der Waals surface area contributed by atoms with Crippen molar-refractivity contribution in [1.29, 1.82) is 0 Å². The summed E-state index contributed by atoms with van der Waals surface area (Å²) in [7, 11) is -4.45. The first-order valence-corrected chi connectivity index (χ1v) is 12.4. The second-order valence-corrected chi connectivity index (χ2v) is 9.40. The first-order chi connectivity index (χ1) is 16.5. The summed E-state index contributed by atoms with van der Waals surface area (Å²) in [5.74, 6) is 0. The lowest BCUT2D eigenvalue weighted by molar-refractivity contribution is 0.484. The van der Waals surface area contributed by atoms with Gasteiger partial charge >= 0.3 is 0 Å². The lowest BCUT2D eigenvalue weighted by Gasteiger charge is -2.15. The minimum absolute atomic E-state index is 0.0992. The predicted molar refractivity (Wildman–Crippen MR) is 142 cm³/mol. The lowest BCUT2D eigenvalue weighted by atomic mass is 9.90. The molecule has 0 radical (unpaired) electrons. The summed E-state index contributed by atoms with van der Waals surface area (Å²) in [5, 5.41) is 3.17. The third-order valence-corrected chi connectivity index (χ3v) is 6.75. The maximum atomic E-state index is 12.4. The zero-order chi connectivity index (χ0) is 23.5. The Morgan fingerprint density at radius 3 is 1.53 bits per heavy atom. The number of hydrogen-bond donors (Lipinski definition) is 1. The maximum Gasteiger partial charge on any atom is 0.295 e. The van der Waals surface area contributed by atoms with E-state index in [-0.39, 0.29) is 4.90 Å². The molecule has 0 aliphatic rings. The zero-order valence-corrected chi connectivity index (χ0v) is 19.1. The van der Waals surface area contributed by atoms with Gasteiger partial charge in [-0.2, -0.15) is 8.42 Å². The standard InChI is InChI=1S/C30H22O3S/c31-34(32,33)29-17-9-16-27-26(20-18-22-10-3-1-4-11-22)24-14-7-8-15-25(24)28(30(27)29)21-19-23-12-5-2-6-13-23/h1-21H,(H,31,32,33). The van der Waals surface area contributed by atoms with Crippen molar-refractivity contribution in [1.82, 2.24) is 0 Å². The van der Waals surface area contributed by atoms with Crippen molar-refractivity contribution in [2.45, 2.75) is 4.90 Å². The number of rotatable bonds is 5. The highest BCUT2D eigenvalue weighted by molar-refractivity contribution is 7.86. The SMILES string of the molecule is O=S(=O)(O)c1cccc2c(C=Cc3ccccc3)c3ccccc3c(C=Cc3ccccc3)c12. The van der Waals surface area contributed by atoms with Crippen LogP contribution in [0.25, 0.3) is 45.8 Å². The first kappa shape index (κ1) is 21.8. The Balaban J connectivity index is 1.87. The van der Waals surface area contributed by atoms with Crippen LogP contribution in [0.3, 0.4) is 0 Å². The van der Waals surface area contributed by atoms with Crippen LogP contribution in [0, 0.1) is 0 Å². The Kier molecular flexibility index (Phi) is 5.84. The molecular formula is C30H22O3S. The fraction of sp³-hybridized carbons (Fsp3) is 0. The fourth-order valence-electron chi connectivity index (χ4n) is 4.32. The monoisotopic (exact) mass is 462 g/mol. The largest absolute Gasteiger partial charge is 0.295 e. The molecule has 0 aliphatic carbocycles. The van der Waals surface area contributed by atoms with Crippen molar-refractivity contribution in [2.24, 2.45) is 0 Å². The van der Waals surface area contributed by atoms with Gasteiger partial charge in [0.05, 0.1) is 0 Å². The topological polar surface area (TPSA) is 54.4 Å². The van der Waals surface area contributed by atoms with Gasteiger partial charge in [0, 0.05) is 5.39 Å². The molecule has 0 saturated carbocycles. The molecule has 0 aliphatic heterocycles. The van der Waals surface area contributed by atoms with E-state index < -0.39 is 10.1 Å². The molecule has 0 amide bonds. The average molecular weight is 463 g/mol. The highest BCUT2D eigenvalue weighted by Crippen LogP contribution is 2.38. The molecule has 4 heteroatoms. The van der Waals surface area contributed by atoms with E-state index in [1.165, 1.54) is 6.07 Å². The van der Waals surface area contributed by atoms with Crippen LogP contribution in [0.15, 0.2) is 108 Å². The van der Waals surface area contributed by atoms with E-state index in [0.29, 0.717) is 5.39 Å². The van der Waals surface area contributed by atoms with Crippen LogP contribution in [-0.2, 0) is 10.1 Å². The lowest BCUT2D eigenvalue weighted by Crippen LogP contribution is -2.01. The van der Waals surface area contributed by atoms with Gasteiger partial charge in [-0.05, 0) is 44.5 Å². The summed E-state index contributed by atoms with van der Waals surface area (Å²) in [5.41, 5.74) is 3.69. The highest BCUT2D eigenvalue weighted by atomic mass is 32.2. The van der Waals surface area contributed by atoms with Crippen LogP contribution in [0.2, 0.25) is 0 Å². The van der Waals surface area contributed by atoms with Crippen molar-refractivity contribution in [3.8, 4) is 0 Å². The summed E-state index contributed by atoms with van der Waals surface area (Å²) in [4.78, 5) is -0.0992. The predicted octanol–water partition coefficient (Wildman–Crippen LogP) is 7.58. The average Bonchev–Trinajstić information content (AvgIpc) is 2.86. The summed E-state index contributed by atoms with van der Waals surface area (Å²) in [6, 6.07) is 32.8. The Labute approximate surface area is 199 Å². The fourth-order valence-corrected chi connectivity index (χ4v) is 5.05. The molecule has 5 aromatic carbocycles. The van der Waals surface area contributed by atoms with Crippen molar-refractivity contribution in [3.63, 3.8) is 0 Å². The van der Waals surface area contributed by atoms with E-state index in [0.717, 1.165) is 38.4 Å². The second-order valence-electron chi connectivity index (χ2n) is 8.01. The summed E-state index contributed by atoms with van der Waals surface area (Å²) >= 11 is 0. The van der Waals surface area contributed by atoms with Gasteiger partial charge in [0.15, 0.2) is 0 Å². The van der Waals surface area contributed by atoms with E-state index in [1.807, 2.05) is 115 Å². The van der Waals surface area contributed by atoms with Gasteiger partial charge in [-0.25, -0.2) is 0 Å². The van der Waals surface area contributed by atoms with E-state index in [2.05, 4.69) is 0 Å². The van der Waals surface area contributed by atoms with E-state index in [9.17, 15) is 13.0 Å². The molecule has 5 rings (SSSR count). The molecule has 0 heterocycles. The van der Waals surface area contributed by atoms with Gasteiger partial charge in [-0.3, -0.25) is 4.55 Å². The number of benzene rings is 5. The molecule has 34 heavy (non-hydrogen) atoms. The smallest absolute Gasteiger partial charge is 0.282 e. The van der Waals surface area contributed by atoms with Crippen molar-refractivity contribution < 1.29 is 13.0 Å².